The van der Waals surface area contributed by atoms with E-state index in [9.17, 15) is 9.90 Å². The van der Waals surface area contributed by atoms with Crippen LogP contribution in [0.15, 0.2) is 0 Å². The molecule has 2 aliphatic heterocycles. The van der Waals surface area contributed by atoms with E-state index in [4.69, 9.17) is 4.74 Å². The summed E-state index contributed by atoms with van der Waals surface area (Å²) < 4.78 is 5.14. The maximum absolute atomic E-state index is 11.9. The number of carbonyl (C=O) groups is 1. The summed E-state index contributed by atoms with van der Waals surface area (Å²) in [6.07, 6.45) is 8.61. The maximum Gasteiger partial charge on any atom is 0.323 e. The van der Waals surface area contributed by atoms with Crippen LogP contribution in [0.5, 0.6) is 0 Å². The zero-order chi connectivity index (χ0) is 13.2. The van der Waals surface area contributed by atoms with Gasteiger partial charge in [0.25, 0.3) is 0 Å². The Labute approximate surface area is 115 Å². The molecule has 2 saturated heterocycles. The molecule has 0 bridgehead atoms. The zero-order valence-electron chi connectivity index (χ0n) is 11.6. The molecule has 0 radical (unpaired) electrons. The third kappa shape index (κ3) is 2.65. The van der Waals surface area contributed by atoms with Gasteiger partial charge in [-0.15, -0.1) is 0 Å². The first kappa shape index (κ1) is 13.4. The normalized spacial score (nSPS) is 41.2. The number of aliphatic hydroxyl groups is 1. The van der Waals surface area contributed by atoms with Gasteiger partial charge in [-0.25, -0.2) is 0 Å². The molecule has 0 aromatic rings. The van der Waals surface area contributed by atoms with E-state index in [-0.39, 0.29) is 18.1 Å². The highest BCUT2D eigenvalue weighted by Crippen LogP contribution is 2.36. The number of cyclic esters (lactones) is 1. The van der Waals surface area contributed by atoms with Crippen molar-refractivity contribution in [2.75, 3.05) is 13.2 Å². The fourth-order valence-corrected chi connectivity index (χ4v) is 4.20. The lowest BCUT2D eigenvalue weighted by molar-refractivity contribution is -0.144. The van der Waals surface area contributed by atoms with Crippen molar-refractivity contribution in [3.05, 3.63) is 0 Å². The minimum Gasteiger partial charge on any atom is -0.464 e. The molecule has 0 aromatic carbocycles. The molecule has 1 N–H and O–H groups in total. The highest BCUT2D eigenvalue weighted by atomic mass is 16.5. The highest BCUT2D eigenvalue weighted by molar-refractivity contribution is 5.77. The van der Waals surface area contributed by atoms with Crippen molar-refractivity contribution in [3.8, 4) is 0 Å². The summed E-state index contributed by atoms with van der Waals surface area (Å²) in [4.78, 5) is 14.2. The number of hydrogen-bond donors (Lipinski definition) is 1. The molecule has 4 nitrogen and oxygen atoms in total. The standard InChI is InChI=1S/C15H25NO3/c17-14-7-2-1-5-11(14)12-6-3-4-9-16(12)13-8-10-19-15(13)18/h11-14,17H,1-10H2. The number of rotatable bonds is 2. The van der Waals surface area contributed by atoms with Crippen molar-refractivity contribution in [2.24, 2.45) is 5.92 Å². The summed E-state index contributed by atoms with van der Waals surface area (Å²) in [5.41, 5.74) is 0. The Hall–Kier alpha value is -0.610. The van der Waals surface area contributed by atoms with Crippen molar-refractivity contribution in [2.45, 2.75) is 69.6 Å². The molecule has 4 unspecified atom stereocenters. The number of nitrogens with zero attached hydrogens (tertiary/aromatic N) is 1. The van der Waals surface area contributed by atoms with Crippen LogP contribution in [0.3, 0.4) is 0 Å². The number of hydrogen-bond acceptors (Lipinski definition) is 4. The number of likely N-dealkylation sites (tertiary alicyclic amines) is 1. The van der Waals surface area contributed by atoms with E-state index >= 15 is 0 Å². The van der Waals surface area contributed by atoms with Gasteiger partial charge in [-0.3, -0.25) is 9.69 Å². The Morgan fingerprint density at radius 1 is 1.05 bits per heavy atom. The second-order valence-electron chi connectivity index (χ2n) is 6.29. The monoisotopic (exact) mass is 267 g/mol. The number of esters is 1. The van der Waals surface area contributed by atoms with Crippen LogP contribution in [-0.2, 0) is 9.53 Å². The van der Waals surface area contributed by atoms with E-state index in [1.165, 1.54) is 19.3 Å². The van der Waals surface area contributed by atoms with Crippen LogP contribution < -0.4 is 0 Å². The topological polar surface area (TPSA) is 49.8 Å². The van der Waals surface area contributed by atoms with Crippen molar-refractivity contribution < 1.29 is 14.6 Å². The molecule has 1 saturated carbocycles. The number of aliphatic hydroxyl groups excluding tert-OH is 1. The van der Waals surface area contributed by atoms with Crippen LogP contribution in [0.1, 0.15) is 51.4 Å². The van der Waals surface area contributed by atoms with Gasteiger partial charge in [0.15, 0.2) is 0 Å². The Balaban J connectivity index is 1.74. The third-order valence-corrected chi connectivity index (χ3v) is 5.18. The molecule has 3 fully saturated rings. The van der Waals surface area contributed by atoms with Gasteiger partial charge < -0.3 is 9.84 Å². The summed E-state index contributed by atoms with van der Waals surface area (Å²) >= 11 is 0. The first-order valence-electron chi connectivity index (χ1n) is 7.88. The molecular weight excluding hydrogens is 242 g/mol. The van der Waals surface area contributed by atoms with Gasteiger partial charge in [0.2, 0.25) is 0 Å². The van der Waals surface area contributed by atoms with E-state index in [1.807, 2.05) is 0 Å². The lowest BCUT2D eigenvalue weighted by Gasteiger charge is -2.45. The lowest BCUT2D eigenvalue weighted by Crippen LogP contribution is -2.54. The number of carbonyl (C=O) groups excluding carboxylic acids is 1. The molecule has 108 valence electrons. The zero-order valence-corrected chi connectivity index (χ0v) is 11.6. The van der Waals surface area contributed by atoms with Crippen LogP contribution in [-0.4, -0.2) is 47.3 Å². The Morgan fingerprint density at radius 2 is 1.84 bits per heavy atom. The van der Waals surface area contributed by atoms with E-state index in [0.717, 1.165) is 38.6 Å². The molecule has 0 aromatic heterocycles. The summed E-state index contributed by atoms with van der Waals surface area (Å²) in [7, 11) is 0. The molecule has 0 amide bonds. The summed E-state index contributed by atoms with van der Waals surface area (Å²) in [5, 5.41) is 10.3. The summed E-state index contributed by atoms with van der Waals surface area (Å²) in [6.45, 7) is 1.56. The van der Waals surface area contributed by atoms with Gasteiger partial charge in [-0.2, -0.15) is 0 Å². The minimum atomic E-state index is -0.170. The predicted molar refractivity (Wildman–Crippen MR) is 71.7 cm³/mol. The average molecular weight is 267 g/mol. The molecule has 3 aliphatic rings. The Morgan fingerprint density at radius 3 is 2.58 bits per heavy atom. The second-order valence-corrected chi connectivity index (χ2v) is 6.29. The van der Waals surface area contributed by atoms with Crippen LogP contribution >= 0.6 is 0 Å². The maximum atomic E-state index is 11.9. The summed E-state index contributed by atoms with van der Waals surface area (Å²) in [6, 6.07) is 0.346. The van der Waals surface area contributed by atoms with Gasteiger partial charge in [-0.1, -0.05) is 19.3 Å². The van der Waals surface area contributed by atoms with Crippen molar-refractivity contribution in [1.29, 1.82) is 0 Å². The predicted octanol–water partition coefficient (Wildman–Crippen LogP) is 1.71. The molecule has 0 spiro atoms. The second kappa shape index (κ2) is 5.80. The molecule has 3 rings (SSSR count). The highest BCUT2D eigenvalue weighted by Gasteiger charge is 2.42. The van der Waals surface area contributed by atoms with Crippen LogP contribution in [0.25, 0.3) is 0 Å². The molecule has 4 atom stereocenters. The van der Waals surface area contributed by atoms with Crippen molar-refractivity contribution >= 4 is 5.97 Å². The third-order valence-electron chi connectivity index (χ3n) is 5.18. The quantitative estimate of drug-likeness (QED) is 0.774. The van der Waals surface area contributed by atoms with Crippen LogP contribution in [0.2, 0.25) is 0 Å². The molecule has 4 heteroatoms. The van der Waals surface area contributed by atoms with Crippen molar-refractivity contribution in [1.82, 2.24) is 4.90 Å². The lowest BCUT2D eigenvalue weighted by atomic mass is 9.77. The number of ether oxygens (including phenoxy) is 1. The number of piperidine rings is 1. The molecular formula is C15H25NO3. The fraction of sp³-hybridized carbons (Fsp3) is 0.933. The van der Waals surface area contributed by atoms with Crippen molar-refractivity contribution in [3.63, 3.8) is 0 Å². The van der Waals surface area contributed by atoms with E-state index in [0.29, 0.717) is 18.6 Å². The van der Waals surface area contributed by atoms with Gasteiger partial charge in [0, 0.05) is 18.4 Å². The fourth-order valence-electron chi connectivity index (χ4n) is 4.20. The van der Waals surface area contributed by atoms with Gasteiger partial charge in [-0.05, 0) is 32.2 Å². The average Bonchev–Trinajstić information content (AvgIpc) is 2.86. The van der Waals surface area contributed by atoms with E-state index < -0.39 is 0 Å². The minimum absolute atomic E-state index is 0.0422. The first-order valence-corrected chi connectivity index (χ1v) is 7.88. The van der Waals surface area contributed by atoms with E-state index in [2.05, 4.69) is 4.90 Å². The Bertz CT molecular complexity index is 333. The molecule has 19 heavy (non-hydrogen) atoms. The van der Waals surface area contributed by atoms with Gasteiger partial charge in [0.05, 0.1) is 12.7 Å². The van der Waals surface area contributed by atoms with Gasteiger partial charge in [0.1, 0.15) is 6.04 Å². The SMILES string of the molecule is O=C1OCCC1N1CCCCC1C1CCCCC1O. The largest absolute Gasteiger partial charge is 0.464 e. The van der Waals surface area contributed by atoms with Crippen LogP contribution in [0.4, 0.5) is 0 Å². The molecule has 2 heterocycles. The van der Waals surface area contributed by atoms with Crippen LogP contribution in [0, 0.1) is 5.92 Å². The molecule has 1 aliphatic carbocycles. The first-order chi connectivity index (χ1) is 9.27. The summed E-state index contributed by atoms with van der Waals surface area (Å²) in [5.74, 6) is 0.319. The smallest absolute Gasteiger partial charge is 0.323 e. The van der Waals surface area contributed by atoms with Gasteiger partial charge >= 0.3 is 5.97 Å². The Kier molecular flexibility index (Phi) is 4.08. The van der Waals surface area contributed by atoms with E-state index in [1.54, 1.807) is 0 Å².